The van der Waals surface area contributed by atoms with Crippen LogP contribution in [0.1, 0.15) is 44.7 Å². The second-order valence-electron chi connectivity index (χ2n) is 5.77. The molecule has 3 nitrogen and oxygen atoms in total. The molecule has 1 amide bonds. The maximum Gasteiger partial charge on any atom is 0.222 e. The van der Waals surface area contributed by atoms with E-state index in [2.05, 4.69) is 19.2 Å². The van der Waals surface area contributed by atoms with Gasteiger partial charge in [0.15, 0.2) is 0 Å². The van der Waals surface area contributed by atoms with E-state index in [1.54, 1.807) is 0 Å². The molecule has 1 unspecified atom stereocenters. The summed E-state index contributed by atoms with van der Waals surface area (Å²) in [5.74, 6) is 0.678. The monoisotopic (exact) mass is 246 g/mol. The highest BCUT2D eigenvalue weighted by Gasteiger charge is 2.38. The quantitative estimate of drug-likeness (QED) is 0.838. The van der Waals surface area contributed by atoms with E-state index in [9.17, 15) is 4.79 Å². The number of benzene rings is 1. The van der Waals surface area contributed by atoms with Crippen LogP contribution in [0.5, 0.6) is 0 Å². The molecule has 3 heteroatoms. The van der Waals surface area contributed by atoms with Gasteiger partial charge < -0.3 is 11.1 Å². The van der Waals surface area contributed by atoms with Gasteiger partial charge in [0.05, 0.1) is 0 Å². The molecule has 1 fully saturated rings. The molecule has 1 atom stereocenters. The molecule has 98 valence electrons. The number of carbonyl (C=O) groups is 1. The maximum absolute atomic E-state index is 12.0. The molecule has 1 aromatic carbocycles. The molecule has 0 aromatic heterocycles. The van der Waals surface area contributed by atoms with Gasteiger partial charge in [0.1, 0.15) is 0 Å². The van der Waals surface area contributed by atoms with Crippen molar-refractivity contribution in [2.45, 2.75) is 44.7 Å². The number of rotatable bonds is 5. The van der Waals surface area contributed by atoms with E-state index in [1.807, 2.05) is 30.3 Å². The first-order valence-electron chi connectivity index (χ1n) is 6.60. The topological polar surface area (TPSA) is 55.1 Å². The first kappa shape index (κ1) is 13.1. The van der Waals surface area contributed by atoms with Gasteiger partial charge in [-0.25, -0.2) is 0 Å². The molecule has 0 spiro atoms. The van der Waals surface area contributed by atoms with Gasteiger partial charge in [0.2, 0.25) is 5.91 Å². The van der Waals surface area contributed by atoms with Crippen molar-refractivity contribution < 1.29 is 4.79 Å². The fourth-order valence-electron chi connectivity index (χ4n) is 2.34. The van der Waals surface area contributed by atoms with E-state index >= 15 is 0 Å². The van der Waals surface area contributed by atoms with Crippen molar-refractivity contribution in [2.24, 2.45) is 11.7 Å². The van der Waals surface area contributed by atoms with Crippen molar-refractivity contribution in [3.05, 3.63) is 35.9 Å². The maximum atomic E-state index is 12.0. The van der Waals surface area contributed by atoms with Crippen LogP contribution in [0.3, 0.4) is 0 Å². The van der Waals surface area contributed by atoms with Crippen molar-refractivity contribution in [1.82, 2.24) is 5.32 Å². The summed E-state index contributed by atoms with van der Waals surface area (Å²) in [7, 11) is 0. The first-order chi connectivity index (χ1) is 8.49. The minimum atomic E-state index is -0.221. The van der Waals surface area contributed by atoms with E-state index in [-0.39, 0.29) is 17.5 Å². The Morgan fingerprint density at radius 2 is 2.00 bits per heavy atom. The molecule has 1 saturated carbocycles. The van der Waals surface area contributed by atoms with Gasteiger partial charge in [0.25, 0.3) is 0 Å². The van der Waals surface area contributed by atoms with Crippen molar-refractivity contribution in [3.63, 3.8) is 0 Å². The van der Waals surface area contributed by atoms with Gasteiger partial charge in [-0.3, -0.25) is 4.79 Å². The zero-order valence-corrected chi connectivity index (χ0v) is 11.1. The highest BCUT2D eigenvalue weighted by Crippen LogP contribution is 2.39. The van der Waals surface area contributed by atoms with Crippen LogP contribution in [-0.2, 0) is 4.79 Å². The summed E-state index contributed by atoms with van der Waals surface area (Å²) in [5.41, 5.74) is 6.97. The molecule has 0 radical (unpaired) electrons. The van der Waals surface area contributed by atoms with Gasteiger partial charge in [-0.05, 0) is 38.2 Å². The van der Waals surface area contributed by atoms with Gasteiger partial charge >= 0.3 is 0 Å². The lowest BCUT2D eigenvalue weighted by atomic mass is 9.97. The summed E-state index contributed by atoms with van der Waals surface area (Å²) in [4.78, 5) is 12.0. The van der Waals surface area contributed by atoms with Crippen LogP contribution < -0.4 is 11.1 Å². The lowest BCUT2D eigenvalue weighted by Gasteiger charge is -2.27. The second kappa shape index (κ2) is 5.11. The van der Waals surface area contributed by atoms with Crippen molar-refractivity contribution >= 4 is 5.91 Å². The SMILES string of the molecule is CC(C)(NC(=O)CC(N)c1ccccc1)C1CC1. The van der Waals surface area contributed by atoms with Gasteiger partial charge in [-0.1, -0.05) is 30.3 Å². The Bertz CT molecular complexity index is 410. The number of carbonyl (C=O) groups excluding carboxylic acids is 1. The standard InChI is InChI=1S/C15H22N2O/c1-15(2,12-8-9-12)17-14(18)10-13(16)11-6-4-3-5-7-11/h3-7,12-13H,8-10,16H2,1-2H3,(H,17,18). The third kappa shape index (κ3) is 3.33. The Morgan fingerprint density at radius 3 is 2.56 bits per heavy atom. The lowest BCUT2D eigenvalue weighted by Crippen LogP contribution is -2.45. The Morgan fingerprint density at radius 1 is 1.39 bits per heavy atom. The molecule has 0 saturated heterocycles. The molecule has 1 aliphatic rings. The average Bonchev–Trinajstić information content (AvgIpc) is 3.13. The second-order valence-corrected chi connectivity index (χ2v) is 5.77. The Labute approximate surface area is 109 Å². The van der Waals surface area contributed by atoms with E-state index in [1.165, 1.54) is 12.8 Å². The Balaban J connectivity index is 1.87. The van der Waals surface area contributed by atoms with Crippen LogP contribution in [0.4, 0.5) is 0 Å². The van der Waals surface area contributed by atoms with E-state index in [4.69, 9.17) is 5.73 Å². The minimum Gasteiger partial charge on any atom is -0.351 e. The fourth-order valence-corrected chi connectivity index (χ4v) is 2.34. The summed E-state index contributed by atoms with van der Waals surface area (Å²) < 4.78 is 0. The molecule has 1 aromatic rings. The number of hydrogen-bond donors (Lipinski definition) is 2. The largest absolute Gasteiger partial charge is 0.351 e. The predicted molar refractivity (Wildman–Crippen MR) is 72.9 cm³/mol. The Kier molecular flexibility index (Phi) is 3.71. The summed E-state index contributed by atoms with van der Waals surface area (Å²) in [6, 6.07) is 9.55. The van der Waals surface area contributed by atoms with Crippen LogP contribution in [0.2, 0.25) is 0 Å². The molecule has 0 bridgehead atoms. The van der Waals surface area contributed by atoms with Crippen LogP contribution >= 0.6 is 0 Å². The summed E-state index contributed by atoms with van der Waals surface area (Å²) in [6.45, 7) is 4.19. The predicted octanol–water partition coefficient (Wildman–Crippen LogP) is 2.38. The summed E-state index contributed by atoms with van der Waals surface area (Å²) in [6.07, 6.45) is 2.79. The third-order valence-electron chi connectivity index (χ3n) is 3.69. The molecule has 3 N–H and O–H groups in total. The smallest absolute Gasteiger partial charge is 0.222 e. The highest BCUT2D eigenvalue weighted by atomic mass is 16.1. The molecular weight excluding hydrogens is 224 g/mol. The minimum absolute atomic E-state index is 0.0447. The van der Waals surface area contributed by atoms with E-state index < -0.39 is 0 Å². The molecule has 1 aliphatic carbocycles. The van der Waals surface area contributed by atoms with Gasteiger partial charge in [0, 0.05) is 18.0 Å². The molecule has 2 rings (SSSR count). The van der Waals surface area contributed by atoms with Crippen molar-refractivity contribution in [1.29, 1.82) is 0 Å². The summed E-state index contributed by atoms with van der Waals surface area (Å²) in [5, 5.41) is 3.10. The number of nitrogens with one attached hydrogen (secondary N) is 1. The lowest BCUT2D eigenvalue weighted by molar-refractivity contribution is -0.123. The number of amides is 1. The molecular formula is C15H22N2O. The van der Waals surface area contributed by atoms with Gasteiger partial charge in [-0.2, -0.15) is 0 Å². The van der Waals surface area contributed by atoms with E-state index in [0.717, 1.165) is 5.56 Å². The number of nitrogens with two attached hydrogens (primary N) is 1. The molecule has 0 heterocycles. The zero-order valence-electron chi connectivity index (χ0n) is 11.1. The van der Waals surface area contributed by atoms with Crippen LogP contribution in [0.25, 0.3) is 0 Å². The van der Waals surface area contributed by atoms with Crippen LogP contribution in [-0.4, -0.2) is 11.4 Å². The van der Waals surface area contributed by atoms with Gasteiger partial charge in [-0.15, -0.1) is 0 Å². The Hall–Kier alpha value is -1.35. The average molecular weight is 246 g/mol. The molecule has 18 heavy (non-hydrogen) atoms. The fraction of sp³-hybridized carbons (Fsp3) is 0.533. The number of hydrogen-bond acceptors (Lipinski definition) is 2. The third-order valence-corrected chi connectivity index (χ3v) is 3.69. The highest BCUT2D eigenvalue weighted by molar-refractivity contribution is 5.77. The van der Waals surface area contributed by atoms with Crippen LogP contribution in [0.15, 0.2) is 30.3 Å². The van der Waals surface area contributed by atoms with E-state index in [0.29, 0.717) is 12.3 Å². The summed E-state index contributed by atoms with van der Waals surface area (Å²) >= 11 is 0. The van der Waals surface area contributed by atoms with Crippen molar-refractivity contribution in [2.75, 3.05) is 0 Å². The normalized spacial score (nSPS) is 17.3. The first-order valence-corrected chi connectivity index (χ1v) is 6.60. The van der Waals surface area contributed by atoms with Crippen molar-refractivity contribution in [3.8, 4) is 0 Å². The zero-order chi connectivity index (χ0) is 13.2. The van der Waals surface area contributed by atoms with Crippen LogP contribution in [0, 0.1) is 5.92 Å². The molecule has 0 aliphatic heterocycles.